The summed E-state index contributed by atoms with van der Waals surface area (Å²) >= 11 is 0. The molecule has 0 heterocycles. The minimum Gasteiger partial charge on any atom is -0.330 e. The van der Waals surface area contributed by atoms with E-state index in [1.807, 2.05) is 13.0 Å². The van der Waals surface area contributed by atoms with Crippen LogP contribution in [0.3, 0.4) is 0 Å². The van der Waals surface area contributed by atoms with E-state index in [1.165, 1.54) is 14.2 Å². The number of methoxy groups -OCH3 is 2. The van der Waals surface area contributed by atoms with Gasteiger partial charge in [-0.25, -0.2) is 0 Å². The number of nitrogens with zero attached hydrogens (tertiary/aromatic N) is 1. The van der Waals surface area contributed by atoms with Crippen LogP contribution in [0.25, 0.3) is 0 Å². The van der Waals surface area contributed by atoms with Gasteiger partial charge in [-0.2, -0.15) is 5.26 Å². The normalized spacial score (nSPS) is 11.1. The highest BCUT2D eigenvalue weighted by molar-refractivity contribution is 4.76. The first kappa shape index (κ1) is 10.4. The van der Waals surface area contributed by atoms with Crippen molar-refractivity contribution < 1.29 is 14.2 Å². The Bertz CT molecular complexity index is 137. The molecule has 64 valence electrons. The van der Waals surface area contributed by atoms with E-state index in [9.17, 15) is 0 Å². The second kappa shape index (κ2) is 5.08. The van der Waals surface area contributed by atoms with Crippen LogP contribution in [0.2, 0.25) is 0 Å². The van der Waals surface area contributed by atoms with Gasteiger partial charge in [-0.05, 0) is 6.92 Å². The molecule has 0 aromatic heterocycles. The highest BCUT2D eigenvalue weighted by Crippen LogP contribution is 2.16. The summed E-state index contributed by atoms with van der Waals surface area (Å²) in [6.07, 6.45) is 0.0633. The lowest BCUT2D eigenvalue weighted by Crippen LogP contribution is -2.36. The van der Waals surface area contributed by atoms with E-state index < -0.39 is 5.97 Å². The molecular formula is C7H13NO3. The molecule has 0 saturated carbocycles. The molecule has 0 atom stereocenters. The highest BCUT2D eigenvalue weighted by atomic mass is 16.9. The summed E-state index contributed by atoms with van der Waals surface area (Å²) in [6.45, 7) is 2.26. The van der Waals surface area contributed by atoms with Crippen molar-refractivity contribution in [3.8, 4) is 6.07 Å². The first-order valence-corrected chi connectivity index (χ1v) is 3.36. The number of nitriles is 1. The Kier molecular flexibility index (Phi) is 4.79. The molecule has 0 aromatic rings. The van der Waals surface area contributed by atoms with E-state index in [2.05, 4.69) is 0 Å². The Morgan fingerprint density at radius 3 is 2.18 bits per heavy atom. The topological polar surface area (TPSA) is 51.5 Å². The van der Waals surface area contributed by atoms with E-state index >= 15 is 0 Å². The lowest BCUT2D eigenvalue weighted by molar-refractivity contribution is -0.357. The van der Waals surface area contributed by atoms with E-state index in [0.29, 0.717) is 6.61 Å². The molecule has 0 spiro atoms. The number of ether oxygens (including phenoxy) is 3. The van der Waals surface area contributed by atoms with Crippen LogP contribution in [0.15, 0.2) is 0 Å². The molecular weight excluding hydrogens is 146 g/mol. The molecule has 0 aromatic carbocycles. The SMILES string of the molecule is CCOC(CC#N)(OC)OC. The summed E-state index contributed by atoms with van der Waals surface area (Å²) in [5, 5.41) is 8.40. The third-order valence-corrected chi connectivity index (χ3v) is 1.28. The van der Waals surface area contributed by atoms with Gasteiger partial charge in [0.1, 0.15) is 6.42 Å². The molecule has 0 aliphatic rings. The van der Waals surface area contributed by atoms with Crippen molar-refractivity contribution >= 4 is 0 Å². The van der Waals surface area contributed by atoms with Crippen LogP contribution in [-0.4, -0.2) is 26.8 Å². The molecule has 4 nitrogen and oxygen atoms in total. The predicted octanol–water partition coefficient (Wildman–Crippen LogP) is 0.883. The Morgan fingerprint density at radius 2 is 1.91 bits per heavy atom. The zero-order chi connectivity index (χ0) is 8.74. The fourth-order valence-electron chi connectivity index (χ4n) is 0.713. The van der Waals surface area contributed by atoms with Gasteiger partial charge >= 0.3 is 0 Å². The number of hydrogen-bond acceptors (Lipinski definition) is 4. The Morgan fingerprint density at radius 1 is 1.36 bits per heavy atom. The summed E-state index contributed by atoms with van der Waals surface area (Å²) in [5.74, 6) is -1.18. The fourth-order valence-corrected chi connectivity index (χ4v) is 0.713. The molecule has 0 bridgehead atoms. The molecule has 4 heteroatoms. The first-order chi connectivity index (χ1) is 5.24. The van der Waals surface area contributed by atoms with Gasteiger partial charge in [0.05, 0.1) is 6.07 Å². The van der Waals surface area contributed by atoms with Gasteiger partial charge in [0.25, 0.3) is 5.97 Å². The zero-order valence-electron chi connectivity index (χ0n) is 7.09. The maximum atomic E-state index is 8.40. The third kappa shape index (κ3) is 2.85. The molecule has 0 fully saturated rings. The lowest BCUT2D eigenvalue weighted by Gasteiger charge is -2.27. The van der Waals surface area contributed by atoms with Gasteiger partial charge < -0.3 is 14.2 Å². The van der Waals surface area contributed by atoms with E-state index in [1.54, 1.807) is 0 Å². The van der Waals surface area contributed by atoms with Gasteiger partial charge in [0.15, 0.2) is 0 Å². The lowest BCUT2D eigenvalue weighted by atomic mass is 10.4. The second-order valence-electron chi connectivity index (χ2n) is 1.86. The summed E-state index contributed by atoms with van der Waals surface area (Å²) in [5.41, 5.74) is 0. The molecule has 0 rings (SSSR count). The van der Waals surface area contributed by atoms with Crippen LogP contribution in [0.5, 0.6) is 0 Å². The van der Waals surface area contributed by atoms with Crippen molar-refractivity contribution in [2.45, 2.75) is 19.3 Å². The largest absolute Gasteiger partial charge is 0.330 e. The molecule has 0 aliphatic carbocycles. The average Bonchev–Trinajstić information content (AvgIpc) is 2.04. The summed E-state index contributed by atoms with van der Waals surface area (Å²) < 4.78 is 14.9. The van der Waals surface area contributed by atoms with Gasteiger partial charge in [0.2, 0.25) is 0 Å². The highest BCUT2D eigenvalue weighted by Gasteiger charge is 2.29. The number of rotatable bonds is 5. The summed E-state index contributed by atoms with van der Waals surface area (Å²) in [4.78, 5) is 0. The van der Waals surface area contributed by atoms with Gasteiger partial charge in [-0.1, -0.05) is 0 Å². The maximum absolute atomic E-state index is 8.40. The molecule has 11 heavy (non-hydrogen) atoms. The van der Waals surface area contributed by atoms with Crippen molar-refractivity contribution in [1.82, 2.24) is 0 Å². The molecule has 0 amide bonds. The van der Waals surface area contributed by atoms with Gasteiger partial charge in [-0.15, -0.1) is 0 Å². The first-order valence-electron chi connectivity index (χ1n) is 3.36. The zero-order valence-corrected chi connectivity index (χ0v) is 7.09. The molecule has 0 saturated heterocycles. The quantitative estimate of drug-likeness (QED) is 0.559. The van der Waals surface area contributed by atoms with E-state index in [0.717, 1.165) is 0 Å². The monoisotopic (exact) mass is 159 g/mol. The van der Waals surface area contributed by atoms with E-state index in [4.69, 9.17) is 19.5 Å². The van der Waals surface area contributed by atoms with Crippen molar-refractivity contribution in [2.24, 2.45) is 0 Å². The van der Waals surface area contributed by atoms with Crippen LogP contribution >= 0.6 is 0 Å². The van der Waals surface area contributed by atoms with Crippen molar-refractivity contribution in [3.63, 3.8) is 0 Å². The molecule has 0 radical (unpaired) electrons. The molecule has 0 unspecified atom stereocenters. The minimum absolute atomic E-state index is 0.0633. The minimum atomic E-state index is -1.18. The van der Waals surface area contributed by atoms with Crippen LogP contribution in [0, 0.1) is 11.3 Å². The second-order valence-corrected chi connectivity index (χ2v) is 1.86. The molecule has 0 aliphatic heterocycles. The van der Waals surface area contributed by atoms with Crippen molar-refractivity contribution in [3.05, 3.63) is 0 Å². The van der Waals surface area contributed by atoms with Crippen molar-refractivity contribution in [1.29, 1.82) is 5.26 Å². The summed E-state index contributed by atoms with van der Waals surface area (Å²) in [6, 6.07) is 1.92. The molecule has 0 N–H and O–H groups in total. The fraction of sp³-hybridized carbons (Fsp3) is 0.857. The predicted molar refractivity (Wildman–Crippen MR) is 38.6 cm³/mol. The van der Waals surface area contributed by atoms with E-state index in [-0.39, 0.29) is 6.42 Å². The van der Waals surface area contributed by atoms with Crippen LogP contribution in [0.1, 0.15) is 13.3 Å². The van der Waals surface area contributed by atoms with Gasteiger partial charge in [0, 0.05) is 20.8 Å². The maximum Gasteiger partial charge on any atom is 0.296 e. The van der Waals surface area contributed by atoms with Gasteiger partial charge in [-0.3, -0.25) is 0 Å². The Balaban J connectivity index is 4.10. The van der Waals surface area contributed by atoms with Crippen molar-refractivity contribution in [2.75, 3.05) is 20.8 Å². The van der Waals surface area contributed by atoms with Crippen LogP contribution in [0.4, 0.5) is 0 Å². The third-order valence-electron chi connectivity index (χ3n) is 1.28. The Labute approximate surface area is 66.7 Å². The number of hydrogen-bond donors (Lipinski definition) is 0. The van der Waals surface area contributed by atoms with Crippen LogP contribution < -0.4 is 0 Å². The Hall–Kier alpha value is -0.630. The standard InChI is InChI=1S/C7H13NO3/c1-4-11-7(9-2,10-3)5-6-8/h4-5H2,1-3H3. The summed E-state index contributed by atoms with van der Waals surface area (Å²) in [7, 11) is 2.88. The van der Waals surface area contributed by atoms with Crippen LogP contribution in [-0.2, 0) is 14.2 Å². The smallest absolute Gasteiger partial charge is 0.296 e. The average molecular weight is 159 g/mol.